The van der Waals surface area contributed by atoms with Crippen molar-refractivity contribution in [3.63, 3.8) is 0 Å². The van der Waals surface area contributed by atoms with Gasteiger partial charge in [-0.05, 0) is 25.5 Å². The highest BCUT2D eigenvalue weighted by molar-refractivity contribution is 5.88. The fraction of sp³-hybridized carbons (Fsp3) is 0.417. The number of furan rings is 1. The maximum absolute atomic E-state index is 10.7. The third-order valence-electron chi connectivity index (χ3n) is 2.19. The van der Waals surface area contributed by atoms with Crippen LogP contribution in [-0.4, -0.2) is 17.6 Å². The largest absolute Gasteiger partial charge is 0.478 e. The van der Waals surface area contributed by atoms with Gasteiger partial charge in [-0.3, -0.25) is 0 Å². The summed E-state index contributed by atoms with van der Waals surface area (Å²) in [4.78, 5) is 10.7. The van der Waals surface area contributed by atoms with Crippen LogP contribution in [0.15, 0.2) is 16.7 Å². The van der Waals surface area contributed by atoms with Crippen molar-refractivity contribution in [2.45, 2.75) is 25.8 Å². The lowest BCUT2D eigenvalue weighted by atomic mass is 10.2. The maximum Gasteiger partial charge on any atom is 0.339 e. The van der Waals surface area contributed by atoms with Crippen LogP contribution in [0.4, 0.5) is 0 Å². The Hall–Kier alpha value is -1.73. The smallest absolute Gasteiger partial charge is 0.339 e. The van der Waals surface area contributed by atoms with Crippen LogP contribution in [0.3, 0.4) is 0 Å². The maximum atomic E-state index is 10.7. The van der Waals surface area contributed by atoms with E-state index in [1.54, 1.807) is 0 Å². The first-order valence-corrected chi connectivity index (χ1v) is 5.19. The third-order valence-corrected chi connectivity index (χ3v) is 2.19. The second-order valence-corrected chi connectivity index (χ2v) is 3.40. The summed E-state index contributed by atoms with van der Waals surface area (Å²) in [6, 6.07) is 1.46. The molecular weight excluding hydrogens is 206 g/mol. The molecule has 1 aromatic rings. The lowest BCUT2D eigenvalue weighted by molar-refractivity contribution is 0.0694. The second-order valence-electron chi connectivity index (χ2n) is 3.40. The molecule has 2 N–H and O–H groups in total. The molecule has 86 valence electrons. The molecule has 4 nitrogen and oxygen atoms in total. The summed E-state index contributed by atoms with van der Waals surface area (Å²) in [6.45, 7) is 1.24. The van der Waals surface area contributed by atoms with Gasteiger partial charge >= 0.3 is 5.97 Å². The van der Waals surface area contributed by atoms with Crippen molar-refractivity contribution in [3.05, 3.63) is 23.7 Å². The van der Waals surface area contributed by atoms with Crippen molar-refractivity contribution in [3.8, 4) is 12.3 Å². The fourth-order valence-corrected chi connectivity index (χ4v) is 1.35. The molecule has 16 heavy (non-hydrogen) atoms. The van der Waals surface area contributed by atoms with Crippen LogP contribution in [0.2, 0.25) is 0 Å². The molecule has 1 rings (SSSR count). The van der Waals surface area contributed by atoms with Gasteiger partial charge in [-0.15, -0.1) is 12.3 Å². The first-order chi connectivity index (χ1) is 7.75. The van der Waals surface area contributed by atoms with Gasteiger partial charge in [0.05, 0.1) is 12.8 Å². The van der Waals surface area contributed by atoms with Crippen LogP contribution in [0, 0.1) is 12.3 Å². The van der Waals surface area contributed by atoms with Gasteiger partial charge in [0.1, 0.15) is 11.3 Å². The molecule has 0 atom stereocenters. The van der Waals surface area contributed by atoms with Crippen LogP contribution in [0.25, 0.3) is 0 Å². The standard InChI is InChI=1S/C12H15NO3/c1-2-3-4-5-7-13-9-11-10(12(14)15)6-8-16-11/h1,6,8,13H,3-5,7,9H2,(H,14,15). The summed E-state index contributed by atoms with van der Waals surface area (Å²) in [6.07, 6.45) is 9.25. The minimum Gasteiger partial charge on any atom is -0.478 e. The molecule has 0 saturated heterocycles. The van der Waals surface area contributed by atoms with Gasteiger partial charge < -0.3 is 14.8 Å². The van der Waals surface area contributed by atoms with E-state index in [1.165, 1.54) is 12.3 Å². The van der Waals surface area contributed by atoms with E-state index in [9.17, 15) is 4.79 Å². The molecule has 0 unspecified atom stereocenters. The number of carboxylic acids is 1. The minimum atomic E-state index is -0.960. The van der Waals surface area contributed by atoms with Crippen LogP contribution in [0.1, 0.15) is 35.4 Å². The number of hydrogen-bond donors (Lipinski definition) is 2. The first-order valence-electron chi connectivity index (χ1n) is 5.19. The van der Waals surface area contributed by atoms with E-state index in [2.05, 4.69) is 11.2 Å². The number of aromatic carboxylic acids is 1. The Labute approximate surface area is 94.7 Å². The number of carboxylic acid groups (broad SMARTS) is 1. The Balaban J connectivity index is 2.24. The molecule has 0 radical (unpaired) electrons. The molecule has 0 bridgehead atoms. The lowest BCUT2D eigenvalue weighted by Crippen LogP contribution is -2.16. The van der Waals surface area contributed by atoms with E-state index in [0.29, 0.717) is 12.3 Å². The van der Waals surface area contributed by atoms with E-state index in [-0.39, 0.29) is 5.56 Å². The summed E-state index contributed by atoms with van der Waals surface area (Å²) in [5.41, 5.74) is 0.219. The monoisotopic (exact) mass is 221 g/mol. The zero-order chi connectivity index (χ0) is 11.8. The van der Waals surface area contributed by atoms with Crippen LogP contribution < -0.4 is 5.32 Å². The van der Waals surface area contributed by atoms with Crippen molar-refractivity contribution in [2.24, 2.45) is 0 Å². The molecule has 0 spiro atoms. The van der Waals surface area contributed by atoms with Gasteiger partial charge in [-0.25, -0.2) is 4.79 Å². The third kappa shape index (κ3) is 3.79. The van der Waals surface area contributed by atoms with E-state index >= 15 is 0 Å². The lowest BCUT2D eigenvalue weighted by Gasteiger charge is -2.02. The normalized spacial score (nSPS) is 9.94. The van der Waals surface area contributed by atoms with Crippen LogP contribution >= 0.6 is 0 Å². The van der Waals surface area contributed by atoms with E-state index in [1.807, 2.05) is 0 Å². The molecule has 1 heterocycles. The summed E-state index contributed by atoms with van der Waals surface area (Å²) in [5.74, 6) is 2.07. The van der Waals surface area contributed by atoms with E-state index in [0.717, 1.165) is 25.8 Å². The average molecular weight is 221 g/mol. The molecule has 0 aliphatic carbocycles. The SMILES string of the molecule is C#CCCCCNCc1occc1C(=O)O. The van der Waals surface area contributed by atoms with Crippen molar-refractivity contribution in [1.82, 2.24) is 5.32 Å². The Morgan fingerprint density at radius 1 is 1.56 bits per heavy atom. The predicted molar refractivity (Wildman–Crippen MR) is 60.1 cm³/mol. The number of unbranched alkanes of at least 4 members (excludes halogenated alkanes) is 2. The molecule has 4 heteroatoms. The molecule has 0 aliphatic rings. The number of nitrogens with one attached hydrogen (secondary N) is 1. The zero-order valence-corrected chi connectivity index (χ0v) is 9.03. The molecule has 0 fully saturated rings. The van der Waals surface area contributed by atoms with E-state index < -0.39 is 5.97 Å². The first kappa shape index (κ1) is 12.3. The van der Waals surface area contributed by atoms with Crippen LogP contribution in [-0.2, 0) is 6.54 Å². The second kappa shape index (κ2) is 6.70. The molecule has 0 amide bonds. The Bertz CT molecular complexity index is 376. The average Bonchev–Trinajstić information content (AvgIpc) is 2.71. The predicted octanol–water partition coefficient (Wildman–Crippen LogP) is 1.87. The molecular formula is C12H15NO3. The summed E-state index contributed by atoms with van der Waals surface area (Å²) < 4.78 is 5.08. The fourth-order valence-electron chi connectivity index (χ4n) is 1.35. The highest BCUT2D eigenvalue weighted by Crippen LogP contribution is 2.09. The Kier molecular flexibility index (Phi) is 5.17. The zero-order valence-electron chi connectivity index (χ0n) is 9.03. The van der Waals surface area contributed by atoms with Gasteiger partial charge in [-0.1, -0.05) is 0 Å². The highest BCUT2D eigenvalue weighted by atomic mass is 16.4. The van der Waals surface area contributed by atoms with Crippen LogP contribution in [0.5, 0.6) is 0 Å². The van der Waals surface area contributed by atoms with Crippen molar-refractivity contribution in [2.75, 3.05) is 6.54 Å². The summed E-state index contributed by atoms with van der Waals surface area (Å²) in [7, 11) is 0. The van der Waals surface area contributed by atoms with E-state index in [4.69, 9.17) is 15.9 Å². The number of hydrogen-bond acceptors (Lipinski definition) is 3. The quantitative estimate of drug-likeness (QED) is 0.545. The highest BCUT2D eigenvalue weighted by Gasteiger charge is 2.11. The van der Waals surface area contributed by atoms with Gasteiger partial charge in [0.2, 0.25) is 0 Å². The Morgan fingerprint density at radius 2 is 2.38 bits per heavy atom. The van der Waals surface area contributed by atoms with Gasteiger partial charge in [-0.2, -0.15) is 0 Å². The molecule has 0 aromatic carbocycles. The topological polar surface area (TPSA) is 62.5 Å². The Morgan fingerprint density at radius 3 is 3.06 bits per heavy atom. The van der Waals surface area contributed by atoms with Crippen molar-refractivity contribution in [1.29, 1.82) is 0 Å². The van der Waals surface area contributed by atoms with Gasteiger partial charge in [0.25, 0.3) is 0 Å². The summed E-state index contributed by atoms with van der Waals surface area (Å²) in [5, 5.41) is 11.9. The number of terminal acetylenes is 1. The van der Waals surface area contributed by atoms with Gasteiger partial charge in [0, 0.05) is 6.42 Å². The molecule has 0 saturated carbocycles. The van der Waals surface area contributed by atoms with Crippen molar-refractivity contribution < 1.29 is 14.3 Å². The molecule has 1 aromatic heterocycles. The summed E-state index contributed by atoms with van der Waals surface area (Å²) >= 11 is 0. The van der Waals surface area contributed by atoms with Gasteiger partial charge in [0.15, 0.2) is 0 Å². The minimum absolute atomic E-state index is 0.219. The molecule has 0 aliphatic heterocycles. The number of rotatable bonds is 7. The van der Waals surface area contributed by atoms with Crippen molar-refractivity contribution >= 4 is 5.97 Å². The number of carbonyl (C=O) groups is 1.